The van der Waals surface area contributed by atoms with Crippen LogP contribution in [0.1, 0.15) is 31.7 Å². The number of amides is 2. The number of aryl methyl sites for hydroxylation is 1. The fourth-order valence-electron chi connectivity index (χ4n) is 3.41. The predicted octanol–water partition coefficient (Wildman–Crippen LogP) is 3.40. The lowest BCUT2D eigenvalue weighted by Crippen LogP contribution is -2.43. The number of carbonyl (C=O) groups excluding carboxylic acids is 2. The minimum atomic E-state index is -0.391. The van der Waals surface area contributed by atoms with Crippen molar-refractivity contribution in [1.82, 2.24) is 15.5 Å². The summed E-state index contributed by atoms with van der Waals surface area (Å²) in [5.74, 6) is 0.321. The highest BCUT2D eigenvalue weighted by Gasteiger charge is 2.26. The van der Waals surface area contributed by atoms with Crippen LogP contribution >= 0.6 is 11.8 Å². The molecular weight excluding hydrogens is 417 g/mol. The van der Waals surface area contributed by atoms with Crippen LogP contribution in [-0.2, 0) is 9.59 Å². The van der Waals surface area contributed by atoms with Gasteiger partial charge < -0.3 is 15.5 Å². The van der Waals surface area contributed by atoms with E-state index in [2.05, 4.69) is 25.7 Å². The second-order valence-electron chi connectivity index (χ2n) is 7.60. The molecule has 1 aromatic heterocycles. The van der Waals surface area contributed by atoms with Crippen molar-refractivity contribution in [3.8, 4) is 0 Å². The van der Waals surface area contributed by atoms with Crippen molar-refractivity contribution in [1.29, 1.82) is 0 Å². The van der Waals surface area contributed by atoms with Crippen molar-refractivity contribution in [2.75, 3.05) is 35.6 Å². The highest BCUT2D eigenvalue weighted by Crippen LogP contribution is 2.23. The Labute approximate surface area is 186 Å². The molecule has 31 heavy (non-hydrogen) atoms. The normalized spacial score (nSPS) is 16.1. The zero-order valence-electron chi connectivity index (χ0n) is 17.9. The number of rotatable bonds is 8. The maximum Gasteiger partial charge on any atom is 0.234 e. The van der Waals surface area contributed by atoms with Gasteiger partial charge in [-0.2, -0.15) is 0 Å². The SMILES string of the molecule is CCCNC(=O)[C@H]1CCCN(c2ccc(SCC(=O)Nc3cc(F)ccc3C)nn2)C1. The van der Waals surface area contributed by atoms with Gasteiger partial charge in [-0.3, -0.25) is 9.59 Å². The van der Waals surface area contributed by atoms with E-state index in [0.717, 1.165) is 37.2 Å². The van der Waals surface area contributed by atoms with Crippen LogP contribution in [0.4, 0.5) is 15.9 Å². The lowest BCUT2D eigenvalue weighted by molar-refractivity contribution is -0.125. The molecule has 7 nitrogen and oxygen atoms in total. The van der Waals surface area contributed by atoms with E-state index in [-0.39, 0.29) is 23.5 Å². The van der Waals surface area contributed by atoms with Gasteiger partial charge in [0.05, 0.1) is 11.7 Å². The van der Waals surface area contributed by atoms with Gasteiger partial charge >= 0.3 is 0 Å². The molecule has 1 fully saturated rings. The predicted molar refractivity (Wildman–Crippen MR) is 121 cm³/mol. The molecule has 1 saturated heterocycles. The van der Waals surface area contributed by atoms with E-state index >= 15 is 0 Å². The quantitative estimate of drug-likeness (QED) is 0.606. The topological polar surface area (TPSA) is 87.2 Å². The van der Waals surface area contributed by atoms with Crippen LogP contribution in [0.15, 0.2) is 35.4 Å². The summed E-state index contributed by atoms with van der Waals surface area (Å²) < 4.78 is 13.4. The Hall–Kier alpha value is -2.68. The number of piperidine rings is 1. The zero-order valence-corrected chi connectivity index (χ0v) is 18.7. The molecule has 2 heterocycles. The number of benzene rings is 1. The summed E-state index contributed by atoms with van der Waals surface area (Å²) in [7, 11) is 0. The van der Waals surface area contributed by atoms with E-state index in [1.807, 2.05) is 26.0 Å². The number of nitrogens with zero attached hydrogens (tertiary/aromatic N) is 3. The highest BCUT2D eigenvalue weighted by atomic mass is 32.2. The lowest BCUT2D eigenvalue weighted by Gasteiger charge is -2.32. The van der Waals surface area contributed by atoms with Crippen molar-refractivity contribution < 1.29 is 14.0 Å². The monoisotopic (exact) mass is 445 g/mol. The highest BCUT2D eigenvalue weighted by molar-refractivity contribution is 7.99. The fraction of sp³-hybridized carbons (Fsp3) is 0.455. The first kappa shape index (κ1) is 23.0. The van der Waals surface area contributed by atoms with Gasteiger partial charge in [0.25, 0.3) is 0 Å². The number of hydrogen-bond donors (Lipinski definition) is 2. The molecule has 0 bridgehead atoms. The van der Waals surface area contributed by atoms with E-state index < -0.39 is 5.82 Å². The van der Waals surface area contributed by atoms with E-state index in [1.165, 1.54) is 23.9 Å². The van der Waals surface area contributed by atoms with Crippen LogP contribution in [0.5, 0.6) is 0 Å². The van der Waals surface area contributed by atoms with Crippen LogP contribution in [0, 0.1) is 18.7 Å². The lowest BCUT2D eigenvalue weighted by atomic mass is 9.97. The molecule has 0 saturated carbocycles. The Bertz CT molecular complexity index is 909. The minimum absolute atomic E-state index is 0.0360. The number of nitrogens with one attached hydrogen (secondary N) is 2. The second kappa shape index (κ2) is 11.1. The van der Waals surface area contributed by atoms with Gasteiger partial charge in [0.2, 0.25) is 11.8 Å². The Balaban J connectivity index is 1.51. The molecule has 0 unspecified atom stereocenters. The number of hydrogen-bond acceptors (Lipinski definition) is 6. The maximum atomic E-state index is 13.4. The molecule has 2 aromatic rings. The Morgan fingerprint density at radius 3 is 2.84 bits per heavy atom. The molecule has 1 atom stereocenters. The van der Waals surface area contributed by atoms with Gasteiger partial charge in [0.15, 0.2) is 5.82 Å². The summed E-state index contributed by atoms with van der Waals surface area (Å²) in [6.45, 7) is 6.02. The van der Waals surface area contributed by atoms with Crippen LogP contribution < -0.4 is 15.5 Å². The molecule has 0 spiro atoms. The summed E-state index contributed by atoms with van der Waals surface area (Å²) in [5.41, 5.74) is 1.27. The molecule has 0 aliphatic carbocycles. The number of halogens is 1. The van der Waals surface area contributed by atoms with Crippen LogP contribution in [-0.4, -0.2) is 47.4 Å². The molecule has 2 N–H and O–H groups in total. The number of thioether (sulfide) groups is 1. The van der Waals surface area contributed by atoms with Crippen molar-refractivity contribution in [3.05, 3.63) is 41.7 Å². The molecule has 3 rings (SSSR count). The van der Waals surface area contributed by atoms with E-state index in [0.29, 0.717) is 23.8 Å². The molecule has 9 heteroatoms. The van der Waals surface area contributed by atoms with Crippen LogP contribution in [0.25, 0.3) is 0 Å². The summed E-state index contributed by atoms with van der Waals surface area (Å²) in [6.07, 6.45) is 2.74. The number of aromatic nitrogens is 2. The van der Waals surface area contributed by atoms with Gasteiger partial charge in [-0.25, -0.2) is 4.39 Å². The average Bonchev–Trinajstić information content (AvgIpc) is 2.79. The average molecular weight is 446 g/mol. The van der Waals surface area contributed by atoms with E-state index in [4.69, 9.17) is 0 Å². The second-order valence-corrected chi connectivity index (χ2v) is 8.60. The molecule has 2 amide bonds. The fourth-order valence-corrected chi connectivity index (χ4v) is 4.02. The molecule has 166 valence electrons. The Morgan fingerprint density at radius 1 is 1.26 bits per heavy atom. The smallest absolute Gasteiger partial charge is 0.234 e. The summed E-state index contributed by atoms with van der Waals surface area (Å²) in [4.78, 5) is 26.5. The third kappa shape index (κ3) is 6.65. The minimum Gasteiger partial charge on any atom is -0.356 e. The first-order valence-corrected chi connectivity index (χ1v) is 11.5. The molecular formula is C22H28FN5O2S. The van der Waals surface area contributed by atoms with Crippen molar-refractivity contribution >= 4 is 35.1 Å². The van der Waals surface area contributed by atoms with Gasteiger partial charge in [-0.05, 0) is 56.0 Å². The van der Waals surface area contributed by atoms with Crippen molar-refractivity contribution in [3.63, 3.8) is 0 Å². The number of anilines is 2. The van der Waals surface area contributed by atoms with Gasteiger partial charge in [0.1, 0.15) is 10.8 Å². The van der Waals surface area contributed by atoms with Crippen molar-refractivity contribution in [2.24, 2.45) is 5.92 Å². The largest absolute Gasteiger partial charge is 0.356 e. The summed E-state index contributed by atoms with van der Waals surface area (Å²) >= 11 is 1.27. The zero-order chi connectivity index (χ0) is 22.2. The summed E-state index contributed by atoms with van der Waals surface area (Å²) in [6, 6.07) is 7.99. The molecule has 1 aromatic carbocycles. The third-order valence-corrected chi connectivity index (χ3v) is 6.04. The standard InChI is InChI=1S/C22H28FN5O2S/c1-3-10-24-22(30)16-5-4-11-28(13-16)19-8-9-21(27-26-19)31-14-20(29)25-18-12-17(23)7-6-15(18)2/h6-9,12,16H,3-5,10-11,13-14H2,1-2H3,(H,24,30)(H,25,29)/t16-/m0/s1. The maximum absolute atomic E-state index is 13.4. The van der Waals surface area contributed by atoms with Gasteiger partial charge in [0, 0.05) is 25.3 Å². The van der Waals surface area contributed by atoms with E-state index in [1.54, 1.807) is 6.07 Å². The molecule has 1 aliphatic heterocycles. The van der Waals surface area contributed by atoms with Crippen LogP contribution in [0.2, 0.25) is 0 Å². The van der Waals surface area contributed by atoms with Gasteiger partial charge in [-0.15, -0.1) is 10.2 Å². The Kier molecular flexibility index (Phi) is 8.22. The third-order valence-electron chi connectivity index (χ3n) is 5.12. The van der Waals surface area contributed by atoms with E-state index in [9.17, 15) is 14.0 Å². The van der Waals surface area contributed by atoms with Crippen molar-refractivity contribution in [2.45, 2.75) is 38.1 Å². The summed E-state index contributed by atoms with van der Waals surface area (Å²) in [5, 5.41) is 14.8. The first-order chi connectivity index (χ1) is 15.0. The van der Waals surface area contributed by atoms with Gasteiger partial charge in [-0.1, -0.05) is 24.8 Å². The molecule has 0 radical (unpaired) electrons. The molecule has 1 aliphatic rings. The first-order valence-electron chi connectivity index (χ1n) is 10.5. The Morgan fingerprint density at radius 2 is 2.10 bits per heavy atom. The van der Waals surface area contributed by atoms with Crippen LogP contribution in [0.3, 0.4) is 0 Å². The number of carbonyl (C=O) groups is 2.